The molecule has 0 spiro atoms. The van der Waals surface area contributed by atoms with Gasteiger partial charge in [-0.05, 0) is 31.2 Å². The summed E-state index contributed by atoms with van der Waals surface area (Å²) in [6, 6.07) is 6.53. The van der Waals surface area contributed by atoms with Crippen LogP contribution in [0.2, 0.25) is 0 Å². The van der Waals surface area contributed by atoms with Crippen molar-refractivity contribution in [3.8, 4) is 0 Å². The summed E-state index contributed by atoms with van der Waals surface area (Å²) < 4.78 is 13.8. The number of hydrogen-bond donors (Lipinski definition) is 1. The number of carboxylic acids is 1. The molecule has 0 radical (unpaired) electrons. The fraction of sp³-hybridized carbons (Fsp3) is 0.562. The van der Waals surface area contributed by atoms with Crippen LogP contribution in [0, 0.1) is 11.7 Å². The van der Waals surface area contributed by atoms with Gasteiger partial charge in [0.15, 0.2) is 0 Å². The van der Waals surface area contributed by atoms with Gasteiger partial charge in [0.05, 0.1) is 0 Å². The van der Waals surface area contributed by atoms with Crippen LogP contribution >= 0.6 is 0 Å². The lowest BCUT2D eigenvalue weighted by Gasteiger charge is -2.33. The van der Waals surface area contributed by atoms with Gasteiger partial charge in [0, 0.05) is 18.2 Å². The van der Waals surface area contributed by atoms with E-state index >= 15 is 0 Å². The topological polar surface area (TPSA) is 40.5 Å². The summed E-state index contributed by atoms with van der Waals surface area (Å²) in [4.78, 5) is 13.5. The molecule has 1 saturated carbocycles. The summed E-state index contributed by atoms with van der Waals surface area (Å²) in [5.41, 5.74) is 0.602. The van der Waals surface area contributed by atoms with Crippen molar-refractivity contribution in [2.75, 3.05) is 0 Å². The normalized spacial score (nSPS) is 30.1. The van der Waals surface area contributed by atoms with Gasteiger partial charge < -0.3 is 5.11 Å². The third-order valence-corrected chi connectivity index (χ3v) is 4.82. The van der Waals surface area contributed by atoms with E-state index in [1.165, 1.54) is 12.5 Å². The Morgan fingerprint density at radius 3 is 2.80 bits per heavy atom. The molecular formula is C16H20FNO2. The lowest BCUT2D eigenvalue weighted by Crippen LogP contribution is -2.41. The standard InChI is InChI=1S/C16H20FNO2/c17-13-7-3-1-6-12(13)10-18-14-8-4-2-5-11(14)9-15(18)16(19)20/h1,3,6-7,11,14-15H,2,4-5,8-10H2,(H,19,20). The highest BCUT2D eigenvalue weighted by Gasteiger charge is 2.45. The summed E-state index contributed by atoms with van der Waals surface area (Å²) >= 11 is 0. The molecule has 108 valence electrons. The minimum Gasteiger partial charge on any atom is -0.480 e. The summed E-state index contributed by atoms with van der Waals surface area (Å²) in [7, 11) is 0. The predicted molar refractivity (Wildman–Crippen MR) is 73.7 cm³/mol. The van der Waals surface area contributed by atoms with Crippen molar-refractivity contribution in [1.82, 2.24) is 4.90 Å². The van der Waals surface area contributed by atoms with Crippen molar-refractivity contribution >= 4 is 5.97 Å². The highest BCUT2D eigenvalue weighted by molar-refractivity contribution is 5.74. The lowest BCUT2D eigenvalue weighted by atomic mass is 9.84. The van der Waals surface area contributed by atoms with Crippen LogP contribution in [0.1, 0.15) is 37.7 Å². The zero-order valence-corrected chi connectivity index (χ0v) is 11.5. The van der Waals surface area contributed by atoms with Gasteiger partial charge in [-0.15, -0.1) is 0 Å². The molecule has 1 aliphatic heterocycles. The summed E-state index contributed by atoms with van der Waals surface area (Å²) in [6.45, 7) is 0.408. The van der Waals surface area contributed by atoms with Gasteiger partial charge in [-0.1, -0.05) is 31.0 Å². The Bertz CT molecular complexity index is 505. The number of likely N-dealkylation sites (tertiary alicyclic amines) is 1. The average molecular weight is 277 g/mol. The van der Waals surface area contributed by atoms with E-state index in [4.69, 9.17) is 0 Å². The first-order valence-electron chi connectivity index (χ1n) is 7.39. The maximum atomic E-state index is 13.8. The van der Waals surface area contributed by atoms with E-state index in [2.05, 4.69) is 0 Å². The summed E-state index contributed by atoms with van der Waals surface area (Å²) in [5.74, 6) is -0.539. The van der Waals surface area contributed by atoms with Crippen molar-refractivity contribution in [2.24, 2.45) is 5.92 Å². The molecular weight excluding hydrogens is 257 g/mol. The monoisotopic (exact) mass is 277 g/mol. The fourth-order valence-electron chi connectivity index (χ4n) is 3.85. The van der Waals surface area contributed by atoms with Gasteiger partial charge >= 0.3 is 5.97 Å². The molecule has 1 aromatic carbocycles. The summed E-state index contributed by atoms with van der Waals surface area (Å²) in [6.07, 6.45) is 5.22. The maximum Gasteiger partial charge on any atom is 0.320 e. The molecule has 2 fully saturated rings. The van der Waals surface area contributed by atoms with Crippen molar-refractivity contribution in [3.63, 3.8) is 0 Å². The van der Waals surface area contributed by atoms with Gasteiger partial charge in [0.25, 0.3) is 0 Å². The van der Waals surface area contributed by atoms with E-state index in [9.17, 15) is 14.3 Å². The maximum absolute atomic E-state index is 13.8. The number of carbonyl (C=O) groups is 1. The molecule has 0 amide bonds. The largest absolute Gasteiger partial charge is 0.480 e. The molecule has 0 bridgehead atoms. The molecule has 3 nitrogen and oxygen atoms in total. The van der Waals surface area contributed by atoms with Crippen molar-refractivity contribution < 1.29 is 14.3 Å². The lowest BCUT2D eigenvalue weighted by molar-refractivity contribution is -0.142. The first-order valence-corrected chi connectivity index (χ1v) is 7.39. The van der Waals surface area contributed by atoms with Crippen LogP contribution in [-0.2, 0) is 11.3 Å². The number of halogens is 1. The van der Waals surface area contributed by atoms with E-state index in [0.29, 0.717) is 30.5 Å². The molecule has 2 aliphatic rings. The van der Waals surface area contributed by atoms with Gasteiger partial charge in [0.2, 0.25) is 0 Å². The number of carboxylic acid groups (broad SMARTS) is 1. The fourth-order valence-corrected chi connectivity index (χ4v) is 3.85. The van der Waals surface area contributed by atoms with E-state index in [-0.39, 0.29) is 5.82 Å². The smallest absolute Gasteiger partial charge is 0.320 e. The van der Waals surface area contributed by atoms with Crippen molar-refractivity contribution in [3.05, 3.63) is 35.6 Å². The molecule has 4 heteroatoms. The number of nitrogens with zero attached hydrogens (tertiary/aromatic N) is 1. The second-order valence-electron chi connectivity index (χ2n) is 5.97. The minimum absolute atomic E-state index is 0.240. The first kappa shape index (κ1) is 13.6. The van der Waals surface area contributed by atoms with Crippen LogP contribution in [0.3, 0.4) is 0 Å². The molecule has 1 saturated heterocycles. The highest BCUT2D eigenvalue weighted by atomic mass is 19.1. The van der Waals surface area contributed by atoms with Crippen LogP contribution in [0.15, 0.2) is 24.3 Å². The van der Waals surface area contributed by atoms with E-state index < -0.39 is 12.0 Å². The molecule has 1 aromatic rings. The number of aliphatic carboxylic acids is 1. The Kier molecular flexibility index (Phi) is 3.74. The Balaban J connectivity index is 1.84. The Morgan fingerprint density at radius 2 is 2.05 bits per heavy atom. The molecule has 1 aliphatic carbocycles. The molecule has 1 N–H and O–H groups in total. The molecule has 0 aromatic heterocycles. The minimum atomic E-state index is -0.768. The number of benzene rings is 1. The van der Waals surface area contributed by atoms with Crippen LogP contribution in [-0.4, -0.2) is 28.1 Å². The Morgan fingerprint density at radius 1 is 1.30 bits per heavy atom. The average Bonchev–Trinajstić information content (AvgIpc) is 2.81. The zero-order chi connectivity index (χ0) is 14.1. The molecule has 20 heavy (non-hydrogen) atoms. The predicted octanol–water partition coefficient (Wildman–Crippen LogP) is 3.04. The zero-order valence-electron chi connectivity index (χ0n) is 11.5. The molecule has 3 atom stereocenters. The third-order valence-electron chi connectivity index (χ3n) is 4.82. The van der Waals surface area contributed by atoms with Crippen molar-refractivity contribution in [1.29, 1.82) is 0 Å². The van der Waals surface area contributed by atoms with Gasteiger partial charge in [-0.2, -0.15) is 0 Å². The van der Waals surface area contributed by atoms with E-state index in [0.717, 1.165) is 19.3 Å². The highest BCUT2D eigenvalue weighted by Crippen LogP contribution is 2.40. The van der Waals surface area contributed by atoms with Gasteiger partial charge in [-0.3, -0.25) is 9.69 Å². The number of fused-ring (bicyclic) bond motifs is 1. The molecule has 3 rings (SSSR count). The second-order valence-corrected chi connectivity index (χ2v) is 5.97. The number of hydrogen-bond acceptors (Lipinski definition) is 2. The SMILES string of the molecule is O=C(O)C1CC2CCCCC2N1Cc1ccccc1F. The van der Waals surface area contributed by atoms with Crippen LogP contribution in [0.4, 0.5) is 4.39 Å². The van der Waals surface area contributed by atoms with E-state index in [1.807, 2.05) is 11.0 Å². The van der Waals surface area contributed by atoms with Crippen molar-refractivity contribution in [2.45, 2.75) is 50.7 Å². The van der Waals surface area contributed by atoms with Crippen LogP contribution in [0.5, 0.6) is 0 Å². The Hall–Kier alpha value is -1.42. The van der Waals surface area contributed by atoms with Crippen LogP contribution < -0.4 is 0 Å². The van der Waals surface area contributed by atoms with Gasteiger partial charge in [0.1, 0.15) is 11.9 Å². The third kappa shape index (κ3) is 2.44. The summed E-state index contributed by atoms with van der Waals surface area (Å²) in [5, 5.41) is 9.44. The van der Waals surface area contributed by atoms with Crippen LogP contribution in [0.25, 0.3) is 0 Å². The van der Waals surface area contributed by atoms with E-state index in [1.54, 1.807) is 12.1 Å². The quantitative estimate of drug-likeness (QED) is 0.923. The number of rotatable bonds is 3. The first-order chi connectivity index (χ1) is 9.66. The Labute approximate surface area is 118 Å². The van der Waals surface area contributed by atoms with Gasteiger partial charge in [-0.25, -0.2) is 4.39 Å². The second kappa shape index (κ2) is 5.52. The molecule has 1 heterocycles. The molecule has 3 unspecified atom stereocenters.